The number of sulfonamides is 1. The Morgan fingerprint density at radius 2 is 1.62 bits per heavy atom. The number of amides is 2. The van der Waals surface area contributed by atoms with Gasteiger partial charge in [0.1, 0.15) is 12.6 Å². The van der Waals surface area contributed by atoms with E-state index in [1.165, 1.54) is 43.3 Å². The van der Waals surface area contributed by atoms with Crippen LogP contribution in [0.4, 0.5) is 18.9 Å². The van der Waals surface area contributed by atoms with Crippen LogP contribution < -0.4 is 9.62 Å². The van der Waals surface area contributed by atoms with Crippen molar-refractivity contribution in [3.63, 3.8) is 0 Å². The van der Waals surface area contributed by atoms with Gasteiger partial charge in [0.25, 0.3) is 10.0 Å². The molecule has 0 saturated heterocycles. The maximum atomic E-state index is 13.9. The van der Waals surface area contributed by atoms with E-state index in [0.29, 0.717) is 27.4 Å². The van der Waals surface area contributed by atoms with Gasteiger partial charge in [-0.3, -0.25) is 13.9 Å². The molecule has 226 valence electrons. The lowest BCUT2D eigenvalue weighted by atomic mass is 10.1. The third-order valence-electron chi connectivity index (χ3n) is 6.60. The first-order valence-electron chi connectivity index (χ1n) is 12.9. The smallest absolute Gasteiger partial charge is 0.352 e. The first-order chi connectivity index (χ1) is 19.6. The summed E-state index contributed by atoms with van der Waals surface area (Å²) in [5.41, 5.74) is -1.04. The van der Waals surface area contributed by atoms with Crippen molar-refractivity contribution in [2.45, 2.75) is 56.9 Å². The minimum atomic E-state index is -4.76. The van der Waals surface area contributed by atoms with Gasteiger partial charge in [-0.25, -0.2) is 8.42 Å². The van der Waals surface area contributed by atoms with Gasteiger partial charge in [0.05, 0.1) is 16.1 Å². The number of anilines is 1. The topological polar surface area (TPSA) is 86.8 Å². The van der Waals surface area contributed by atoms with Gasteiger partial charge in [-0.1, -0.05) is 60.5 Å². The van der Waals surface area contributed by atoms with Crippen LogP contribution in [0.3, 0.4) is 0 Å². The Hall–Kier alpha value is -3.28. The van der Waals surface area contributed by atoms with Crippen molar-refractivity contribution in [3.05, 3.63) is 94.0 Å². The molecule has 0 fully saturated rings. The van der Waals surface area contributed by atoms with Crippen molar-refractivity contribution in [2.24, 2.45) is 0 Å². The molecule has 3 aromatic carbocycles. The highest BCUT2D eigenvalue weighted by Gasteiger charge is 2.35. The fourth-order valence-corrected chi connectivity index (χ4v) is 5.86. The van der Waals surface area contributed by atoms with E-state index < -0.39 is 46.2 Å². The number of rotatable bonds is 11. The molecule has 1 N–H and O–H groups in total. The van der Waals surface area contributed by atoms with E-state index in [1.807, 2.05) is 6.92 Å². The van der Waals surface area contributed by atoms with Gasteiger partial charge in [-0.2, -0.15) is 13.2 Å². The average Bonchev–Trinajstić information content (AvgIpc) is 2.94. The zero-order valence-corrected chi connectivity index (χ0v) is 25.4. The third-order valence-corrected chi connectivity index (χ3v) is 8.97. The minimum absolute atomic E-state index is 0.203. The number of alkyl halides is 3. The van der Waals surface area contributed by atoms with Gasteiger partial charge in [-0.15, -0.1) is 0 Å². The molecule has 13 heteroatoms. The standard InChI is InChI=1S/C29H30Cl2F3N3O4S/c1-4-19(2)35-28(39)20(3)36(17-21-13-14-23(30)16-26(21)31)27(38)18-37(42(40,41)25-11-6-5-7-12-25)24-10-8-9-22(15-24)29(32,33)34/h5-16,19-20H,4,17-18H2,1-3H3,(H,35,39). The van der Waals surface area contributed by atoms with Crippen LogP contribution in [0.2, 0.25) is 10.0 Å². The molecular formula is C29H30Cl2F3N3O4S. The molecule has 7 nitrogen and oxygen atoms in total. The molecule has 0 aromatic heterocycles. The summed E-state index contributed by atoms with van der Waals surface area (Å²) in [6, 6.07) is 14.0. The van der Waals surface area contributed by atoms with Crippen LogP contribution in [0.15, 0.2) is 77.7 Å². The molecule has 0 aliphatic heterocycles. The fourth-order valence-electron chi connectivity index (χ4n) is 3.97. The number of nitrogens with zero attached hydrogens (tertiary/aromatic N) is 2. The molecule has 42 heavy (non-hydrogen) atoms. The summed E-state index contributed by atoms with van der Waals surface area (Å²) < 4.78 is 68.8. The minimum Gasteiger partial charge on any atom is -0.352 e. The van der Waals surface area contributed by atoms with E-state index in [0.717, 1.165) is 17.0 Å². The van der Waals surface area contributed by atoms with Crippen molar-refractivity contribution in [1.29, 1.82) is 0 Å². The molecule has 0 radical (unpaired) electrons. The highest BCUT2D eigenvalue weighted by molar-refractivity contribution is 7.92. The number of nitrogens with one attached hydrogen (secondary N) is 1. The van der Waals surface area contributed by atoms with Crippen molar-refractivity contribution in [2.75, 3.05) is 10.8 Å². The maximum Gasteiger partial charge on any atom is 0.416 e. The molecule has 0 heterocycles. The van der Waals surface area contributed by atoms with Gasteiger partial charge in [0.2, 0.25) is 11.8 Å². The van der Waals surface area contributed by atoms with Crippen LogP contribution in [0.25, 0.3) is 0 Å². The average molecular weight is 645 g/mol. The normalized spacial score (nSPS) is 13.2. The largest absolute Gasteiger partial charge is 0.416 e. The van der Waals surface area contributed by atoms with E-state index in [1.54, 1.807) is 25.1 Å². The number of hydrogen-bond donors (Lipinski definition) is 1. The van der Waals surface area contributed by atoms with Gasteiger partial charge < -0.3 is 10.2 Å². The maximum absolute atomic E-state index is 13.9. The summed E-state index contributed by atoms with van der Waals surface area (Å²) in [6.07, 6.45) is -4.14. The number of hydrogen-bond acceptors (Lipinski definition) is 4. The number of carbonyl (C=O) groups excluding carboxylic acids is 2. The van der Waals surface area contributed by atoms with E-state index in [9.17, 15) is 31.2 Å². The summed E-state index contributed by atoms with van der Waals surface area (Å²) in [7, 11) is -4.53. The second-order valence-corrected chi connectivity index (χ2v) is 12.3. The molecular weight excluding hydrogens is 614 g/mol. The molecule has 3 rings (SSSR count). The summed E-state index contributed by atoms with van der Waals surface area (Å²) in [4.78, 5) is 27.9. The second kappa shape index (κ2) is 13.8. The van der Waals surface area contributed by atoms with E-state index >= 15 is 0 Å². The van der Waals surface area contributed by atoms with Crippen molar-refractivity contribution in [3.8, 4) is 0 Å². The Morgan fingerprint density at radius 3 is 2.21 bits per heavy atom. The zero-order chi connectivity index (χ0) is 31.2. The third kappa shape index (κ3) is 8.17. The van der Waals surface area contributed by atoms with Crippen molar-refractivity contribution < 1.29 is 31.2 Å². The first-order valence-corrected chi connectivity index (χ1v) is 15.1. The van der Waals surface area contributed by atoms with Crippen molar-refractivity contribution in [1.82, 2.24) is 10.2 Å². The quantitative estimate of drug-likeness (QED) is 0.257. The van der Waals surface area contributed by atoms with Gasteiger partial charge in [-0.05, 0) is 68.3 Å². The Bertz CT molecular complexity index is 1520. The predicted octanol–water partition coefficient (Wildman–Crippen LogP) is 6.54. The van der Waals surface area contributed by atoms with Crippen molar-refractivity contribution >= 4 is 50.7 Å². The molecule has 3 aromatic rings. The van der Waals surface area contributed by atoms with Crippen LogP contribution in [-0.2, 0) is 32.3 Å². The molecule has 2 amide bonds. The van der Waals surface area contributed by atoms with Crippen LogP contribution in [0.1, 0.15) is 38.3 Å². The molecule has 0 aliphatic carbocycles. The Kier molecular flexibility index (Phi) is 10.9. The molecule has 0 bridgehead atoms. The Balaban J connectivity index is 2.10. The highest BCUT2D eigenvalue weighted by Crippen LogP contribution is 2.33. The summed E-state index contributed by atoms with van der Waals surface area (Å²) in [6.45, 7) is 4.03. The molecule has 0 spiro atoms. The number of halogens is 5. The van der Waals surface area contributed by atoms with Crippen LogP contribution in [0.5, 0.6) is 0 Å². The van der Waals surface area contributed by atoms with Gasteiger partial charge >= 0.3 is 6.18 Å². The SMILES string of the molecule is CCC(C)NC(=O)C(C)N(Cc1ccc(Cl)cc1Cl)C(=O)CN(c1cccc(C(F)(F)F)c1)S(=O)(=O)c1ccccc1. The highest BCUT2D eigenvalue weighted by atomic mass is 35.5. The predicted molar refractivity (Wildman–Crippen MR) is 157 cm³/mol. The van der Waals surface area contributed by atoms with E-state index in [4.69, 9.17) is 23.2 Å². The van der Waals surface area contributed by atoms with E-state index in [-0.39, 0.29) is 28.2 Å². The van der Waals surface area contributed by atoms with Crippen LogP contribution >= 0.6 is 23.2 Å². The molecule has 2 atom stereocenters. The van der Waals surface area contributed by atoms with Crippen LogP contribution in [0, 0.1) is 0 Å². The lowest BCUT2D eigenvalue weighted by Crippen LogP contribution is -2.52. The summed E-state index contributed by atoms with van der Waals surface area (Å²) in [5, 5.41) is 3.35. The Labute approximate surface area is 253 Å². The monoisotopic (exact) mass is 643 g/mol. The van der Waals surface area contributed by atoms with Gasteiger partial charge in [0.15, 0.2) is 0 Å². The lowest BCUT2D eigenvalue weighted by molar-refractivity contribution is -0.139. The first kappa shape index (κ1) is 33.2. The molecule has 0 saturated carbocycles. The zero-order valence-electron chi connectivity index (χ0n) is 23.0. The van der Waals surface area contributed by atoms with E-state index in [2.05, 4.69) is 5.32 Å². The second-order valence-electron chi connectivity index (χ2n) is 9.62. The summed E-state index contributed by atoms with van der Waals surface area (Å²) in [5.74, 6) is -1.34. The molecule has 0 aliphatic rings. The fraction of sp³-hybridized carbons (Fsp3) is 0.310. The lowest BCUT2D eigenvalue weighted by Gasteiger charge is -2.32. The van der Waals surface area contributed by atoms with Gasteiger partial charge in [0, 0.05) is 22.6 Å². The summed E-state index contributed by atoms with van der Waals surface area (Å²) >= 11 is 12.4. The number of benzene rings is 3. The van der Waals surface area contributed by atoms with Crippen LogP contribution in [-0.4, -0.2) is 43.8 Å². The Morgan fingerprint density at radius 1 is 0.952 bits per heavy atom. The molecule has 2 unspecified atom stereocenters. The number of carbonyl (C=O) groups is 2.